The molecule has 1 aliphatic heterocycles. The molecule has 2 nitrogen and oxygen atoms in total. The van der Waals surface area contributed by atoms with E-state index in [1.54, 1.807) is 0 Å². The Morgan fingerprint density at radius 3 is 3.00 bits per heavy atom. The average molecular weight is 104 g/mol. The van der Waals surface area contributed by atoms with Gasteiger partial charge in [-0.2, -0.15) is 0 Å². The molecule has 34 valence electrons. The predicted molar refractivity (Wildman–Crippen MR) is 25.2 cm³/mol. The van der Waals surface area contributed by atoms with Crippen LogP contribution in [-0.2, 0) is 4.28 Å². The van der Waals surface area contributed by atoms with Gasteiger partial charge in [-0.1, -0.05) is 0 Å². The van der Waals surface area contributed by atoms with Gasteiger partial charge < -0.3 is 0 Å². The first-order valence-electron chi connectivity index (χ1n) is 1.86. The fourth-order valence-corrected chi connectivity index (χ4v) is 0.709. The second-order valence-corrected chi connectivity index (χ2v) is 1.83. The van der Waals surface area contributed by atoms with Gasteiger partial charge in [-0.25, -0.2) is 4.28 Å². The largest absolute Gasteiger partial charge is 0.203 e. The summed E-state index contributed by atoms with van der Waals surface area (Å²) >= 11 is 1.45. The highest BCUT2D eigenvalue weighted by Gasteiger charge is 1.96. The smallest absolute Gasteiger partial charge is 0.192 e. The minimum Gasteiger partial charge on any atom is -0.203 e. The lowest BCUT2D eigenvalue weighted by Gasteiger charge is -1.90. The molecule has 0 spiro atoms. The molecule has 3 heteroatoms. The molecule has 1 heterocycles. The summed E-state index contributed by atoms with van der Waals surface area (Å²) in [5.74, 6) is 1.08. The molecule has 0 atom stereocenters. The van der Waals surface area contributed by atoms with Crippen LogP contribution in [0.15, 0.2) is 0 Å². The fourth-order valence-electron chi connectivity index (χ4n) is 0.276. The third-order valence-electron chi connectivity index (χ3n) is 0.536. The highest BCUT2D eigenvalue weighted by molar-refractivity contribution is 7.94. The third-order valence-corrected chi connectivity index (χ3v) is 1.15. The summed E-state index contributed by atoms with van der Waals surface area (Å²) in [7, 11) is 0. The van der Waals surface area contributed by atoms with Crippen LogP contribution in [0.3, 0.4) is 0 Å². The molecule has 0 aromatic rings. The van der Waals surface area contributed by atoms with Gasteiger partial charge in [0.25, 0.3) is 0 Å². The van der Waals surface area contributed by atoms with Crippen molar-refractivity contribution in [1.29, 1.82) is 0 Å². The lowest BCUT2D eigenvalue weighted by molar-refractivity contribution is -0.698. The lowest BCUT2D eigenvalue weighted by atomic mass is 10.5. The normalized spacial score (nSPS) is 20.0. The van der Waals surface area contributed by atoms with Gasteiger partial charge in [0.1, 0.15) is 12.0 Å². The van der Waals surface area contributed by atoms with Crippen LogP contribution in [0, 0.1) is 0 Å². The first-order chi connectivity index (χ1) is 3.00. The lowest BCUT2D eigenvalue weighted by Crippen LogP contribution is -2.67. The molecule has 0 aromatic heterocycles. The van der Waals surface area contributed by atoms with Crippen molar-refractivity contribution in [1.82, 2.24) is 0 Å². The SMILES string of the molecule is C1=[NH+]OSCC1. The van der Waals surface area contributed by atoms with E-state index in [1.165, 1.54) is 12.0 Å². The molecule has 0 aliphatic carbocycles. The highest BCUT2D eigenvalue weighted by atomic mass is 32.2. The summed E-state index contributed by atoms with van der Waals surface area (Å²) in [4.78, 5) is 0. The Balaban J connectivity index is 2.26. The van der Waals surface area contributed by atoms with Crippen molar-refractivity contribution in [2.75, 3.05) is 5.75 Å². The second-order valence-electron chi connectivity index (χ2n) is 1.02. The first-order valence-corrected chi connectivity index (χ1v) is 2.77. The Bertz CT molecular complexity index is 55.8. The van der Waals surface area contributed by atoms with Crippen molar-refractivity contribution in [2.45, 2.75) is 6.42 Å². The van der Waals surface area contributed by atoms with Crippen molar-refractivity contribution in [3.05, 3.63) is 0 Å². The van der Waals surface area contributed by atoms with Crippen LogP contribution in [-0.4, -0.2) is 12.0 Å². The molecular weight excluding hydrogens is 98.1 g/mol. The topological polar surface area (TPSA) is 23.2 Å². The van der Waals surface area contributed by atoms with E-state index >= 15 is 0 Å². The standard InChI is InChI=1S/C3H5NOS/c1-2-4-5-6-3-1/h2H,1,3H2/p+1. The zero-order chi connectivity index (χ0) is 4.24. The summed E-state index contributed by atoms with van der Waals surface area (Å²) < 4.78 is 4.68. The van der Waals surface area contributed by atoms with Crippen molar-refractivity contribution >= 4 is 18.3 Å². The number of hydrogen-bond acceptors (Lipinski definition) is 2. The summed E-state index contributed by atoms with van der Waals surface area (Å²) in [6, 6.07) is 0. The second kappa shape index (κ2) is 2.08. The summed E-state index contributed by atoms with van der Waals surface area (Å²) in [6.07, 6.45) is 3.00. The van der Waals surface area contributed by atoms with Gasteiger partial charge in [0.15, 0.2) is 6.21 Å². The molecule has 1 aliphatic rings. The van der Waals surface area contributed by atoms with E-state index in [4.69, 9.17) is 0 Å². The van der Waals surface area contributed by atoms with Gasteiger partial charge in [0, 0.05) is 12.2 Å². The van der Waals surface area contributed by atoms with Gasteiger partial charge in [-0.3, -0.25) is 0 Å². The number of nitrogens with one attached hydrogen (secondary N) is 1. The van der Waals surface area contributed by atoms with E-state index in [0.29, 0.717) is 0 Å². The van der Waals surface area contributed by atoms with E-state index < -0.39 is 0 Å². The van der Waals surface area contributed by atoms with Crippen molar-refractivity contribution < 1.29 is 9.44 Å². The minimum absolute atomic E-state index is 1.08. The Morgan fingerprint density at radius 2 is 2.83 bits per heavy atom. The molecule has 0 radical (unpaired) electrons. The van der Waals surface area contributed by atoms with Crippen LogP contribution in [0.4, 0.5) is 0 Å². The van der Waals surface area contributed by atoms with Crippen molar-refractivity contribution in [2.24, 2.45) is 0 Å². The number of hydrogen-bond donors (Lipinski definition) is 1. The predicted octanol–water partition coefficient (Wildman–Crippen LogP) is -0.879. The number of rotatable bonds is 0. The van der Waals surface area contributed by atoms with Crippen molar-refractivity contribution in [3.63, 3.8) is 0 Å². The van der Waals surface area contributed by atoms with Crippen LogP contribution in [0.2, 0.25) is 0 Å². The Hall–Kier alpha value is -0.180. The van der Waals surface area contributed by atoms with E-state index in [-0.39, 0.29) is 0 Å². The molecular formula is C3H6NOS+. The molecule has 6 heavy (non-hydrogen) atoms. The van der Waals surface area contributed by atoms with Gasteiger partial charge in [-0.15, -0.1) is 0 Å². The maximum Gasteiger partial charge on any atom is 0.192 e. The fraction of sp³-hybridized carbons (Fsp3) is 0.667. The highest BCUT2D eigenvalue weighted by Crippen LogP contribution is 1.97. The molecule has 0 aromatic carbocycles. The molecule has 0 saturated heterocycles. The van der Waals surface area contributed by atoms with Gasteiger partial charge in [0.05, 0.1) is 0 Å². The monoisotopic (exact) mass is 104 g/mol. The molecule has 0 unspecified atom stereocenters. The minimum atomic E-state index is 1.08. The van der Waals surface area contributed by atoms with Crippen LogP contribution in [0.1, 0.15) is 6.42 Å². The van der Waals surface area contributed by atoms with E-state index in [0.717, 1.165) is 12.2 Å². The molecule has 1 rings (SSSR count). The maximum atomic E-state index is 4.68. The van der Waals surface area contributed by atoms with E-state index in [1.807, 2.05) is 6.21 Å². The van der Waals surface area contributed by atoms with Crippen LogP contribution >= 0.6 is 12.0 Å². The Kier molecular flexibility index (Phi) is 1.38. The Labute approximate surface area is 40.8 Å². The first kappa shape index (κ1) is 3.99. The van der Waals surface area contributed by atoms with Crippen molar-refractivity contribution in [3.8, 4) is 0 Å². The van der Waals surface area contributed by atoms with E-state index in [9.17, 15) is 0 Å². The maximum absolute atomic E-state index is 4.68. The average Bonchev–Trinajstić information content (AvgIpc) is 1.72. The van der Waals surface area contributed by atoms with Gasteiger partial charge in [0.2, 0.25) is 0 Å². The zero-order valence-electron chi connectivity index (χ0n) is 3.31. The van der Waals surface area contributed by atoms with Crippen LogP contribution in [0.5, 0.6) is 0 Å². The van der Waals surface area contributed by atoms with Gasteiger partial charge >= 0.3 is 0 Å². The molecule has 0 fully saturated rings. The molecule has 0 bridgehead atoms. The summed E-state index contributed by atoms with van der Waals surface area (Å²) in [5.41, 5.74) is 0. The molecule has 1 N–H and O–H groups in total. The third kappa shape index (κ3) is 0.897. The summed E-state index contributed by atoms with van der Waals surface area (Å²) in [6.45, 7) is 0. The summed E-state index contributed by atoms with van der Waals surface area (Å²) in [5, 5.41) is 2.62. The molecule has 0 amide bonds. The van der Waals surface area contributed by atoms with Gasteiger partial charge in [-0.05, 0) is 5.16 Å². The zero-order valence-corrected chi connectivity index (χ0v) is 4.12. The molecule has 0 saturated carbocycles. The quantitative estimate of drug-likeness (QED) is 0.403. The Morgan fingerprint density at radius 1 is 1.83 bits per heavy atom. The van der Waals surface area contributed by atoms with Crippen LogP contribution < -0.4 is 5.16 Å². The van der Waals surface area contributed by atoms with Crippen LogP contribution in [0.25, 0.3) is 0 Å². The van der Waals surface area contributed by atoms with E-state index in [2.05, 4.69) is 9.44 Å².